The van der Waals surface area contributed by atoms with E-state index in [1.165, 1.54) is 18.6 Å². The van der Waals surface area contributed by atoms with Gasteiger partial charge in [0.25, 0.3) is 5.91 Å². The average Bonchev–Trinajstić information content (AvgIpc) is 2.40. The van der Waals surface area contributed by atoms with E-state index in [0.717, 1.165) is 12.8 Å². The van der Waals surface area contributed by atoms with Crippen LogP contribution in [-0.4, -0.2) is 29.4 Å². The van der Waals surface area contributed by atoms with E-state index in [0.29, 0.717) is 17.4 Å². The maximum Gasteiger partial charge on any atom is 0.271 e. The highest BCUT2D eigenvalue weighted by Gasteiger charge is 2.11. The number of aromatic nitrogens is 1. The summed E-state index contributed by atoms with van der Waals surface area (Å²) in [5.41, 5.74) is 5.73. The van der Waals surface area contributed by atoms with Gasteiger partial charge in [-0.2, -0.15) is 11.8 Å². The normalized spacial score (nSPS) is 10.4. The number of hydrogen-bond donors (Lipinski definition) is 2. The first kappa shape index (κ1) is 16.1. The van der Waals surface area contributed by atoms with E-state index in [-0.39, 0.29) is 11.6 Å². The van der Waals surface area contributed by atoms with Crippen molar-refractivity contribution in [3.63, 3.8) is 0 Å². The van der Waals surface area contributed by atoms with E-state index in [4.69, 9.17) is 17.3 Å². The number of nitrogens with zero attached hydrogens (tertiary/aromatic N) is 1. The molecule has 0 fully saturated rings. The van der Waals surface area contributed by atoms with Crippen molar-refractivity contribution in [2.24, 2.45) is 0 Å². The number of halogens is 1. The second-order valence-electron chi connectivity index (χ2n) is 4.23. The van der Waals surface area contributed by atoms with Crippen LogP contribution in [0.3, 0.4) is 0 Å². The van der Waals surface area contributed by atoms with Gasteiger partial charge in [0.1, 0.15) is 11.5 Å². The van der Waals surface area contributed by atoms with Crippen molar-refractivity contribution in [3.8, 4) is 0 Å². The molecule has 0 spiro atoms. The van der Waals surface area contributed by atoms with Crippen LogP contribution in [0.1, 0.15) is 36.2 Å². The second-order valence-corrected chi connectivity index (χ2v) is 5.62. The summed E-state index contributed by atoms with van der Waals surface area (Å²) in [6.07, 6.45) is 6.65. The van der Waals surface area contributed by atoms with Crippen molar-refractivity contribution in [3.05, 3.63) is 22.8 Å². The Bertz CT molecular complexity index is 415. The number of pyridine rings is 1. The number of rotatable bonds is 8. The van der Waals surface area contributed by atoms with Gasteiger partial charge in [0.15, 0.2) is 0 Å². The summed E-state index contributed by atoms with van der Waals surface area (Å²) in [6, 6.07) is 3.16. The van der Waals surface area contributed by atoms with Crippen molar-refractivity contribution >= 4 is 35.1 Å². The van der Waals surface area contributed by atoms with E-state index in [1.54, 1.807) is 12.1 Å². The third-order valence-electron chi connectivity index (χ3n) is 2.64. The highest BCUT2D eigenvalue weighted by Crippen LogP contribution is 2.15. The Balaban J connectivity index is 2.26. The van der Waals surface area contributed by atoms with Crippen molar-refractivity contribution in [2.75, 3.05) is 24.3 Å². The predicted molar refractivity (Wildman–Crippen MR) is 82.8 cm³/mol. The lowest BCUT2D eigenvalue weighted by molar-refractivity contribution is 0.0948. The Kier molecular flexibility index (Phi) is 7.67. The van der Waals surface area contributed by atoms with Crippen LogP contribution >= 0.6 is 23.4 Å². The molecule has 0 bridgehead atoms. The van der Waals surface area contributed by atoms with Crippen LogP contribution in [0.4, 0.5) is 5.82 Å². The zero-order valence-electron chi connectivity index (χ0n) is 11.1. The van der Waals surface area contributed by atoms with E-state index < -0.39 is 0 Å². The Morgan fingerprint density at radius 3 is 2.84 bits per heavy atom. The molecular formula is C13H20ClN3OS. The van der Waals surface area contributed by atoms with Gasteiger partial charge in [-0.15, -0.1) is 0 Å². The quantitative estimate of drug-likeness (QED) is 0.724. The van der Waals surface area contributed by atoms with Crippen molar-refractivity contribution in [1.82, 2.24) is 10.3 Å². The minimum atomic E-state index is -0.263. The number of carbonyl (C=O) groups is 1. The molecule has 0 atom stereocenters. The number of nitrogens with two attached hydrogens (primary N) is 1. The zero-order valence-corrected chi connectivity index (χ0v) is 12.7. The fourth-order valence-electron chi connectivity index (χ4n) is 1.63. The van der Waals surface area contributed by atoms with Gasteiger partial charge in [0.2, 0.25) is 0 Å². The van der Waals surface area contributed by atoms with Gasteiger partial charge < -0.3 is 11.1 Å². The standard InChI is InChI=1S/C13H20ClN3OS/c1-19-9-5-3-2-4-8-16-13(18)12-10(14)6-7-11(15)17-12/h6-7H,2-5,8-9H2,1H3,(H2,15,17)(H,16,18). The molecule has 0 radical (unpaired) electrons. The maximum atomic E-state index is 11.8. The molecule has 0 aliphatic heterocycles. The number of hydrogen-bond acceptors (Lipinski definition) is 4. The first-order chi connectivity index (χ1) is 9.15. The van der Waals surface area contributed by atoms with Crippen LogP contribution in [0, 0.1) is 0 Å². The van der Waals surface area contributed by atoms with E-state index in [9.17, 15) is 4.79 Å². The molecule has 19 heavy (non-hydrogen) atoms. The molecule has 6 heteroatoms. The molecule has 0 aromatic carbocycles. The van der Waals surface area contributed by atoms with Crippen molar-refractivity contribution < 1.29 is 4.79 Å². The highest BCUT2D eigenvalue weighted by atomic mass is 35.5. The fourth-order valence-corrected chi connectivity index (χ4v) is 2.31. The van der Waals surface area contributed by atoms with Crippen LogP contribution in [-0.2, 0) is 0 Å². The molecule has 1 heterocycles. The molecule has 0 saturated carbocycles. The van der Waals surface area contributed by atoms with E-state index in [2.05, 4.69) is 16.6 Å². The molecule has 106 valence electrons. The molecule has 1 amide bonds. The third kappa shape index (κ3) is 6.16. The maximum absolute atomic E-state index is 11.8. The minimum absolute atomic E-state index is 0.198. The Morgan fingerprint density at radius 2 is 2.11 bits per heavy atom. The van der Waals surface area contributed by atoms with Gasteiger partial charge in [-0.25, -0.2) is 4.98 Å². The number of nitrogens with one attached hydrogen (secondary N) is 1. The fraction of sp³-hybridized carbons (Fsp3) is 0.538. The number of amides is 1. The molecule has 0 saturated heterocycles. The zero-order chi connectivity index (χ0) is 14.1. The summed E-state index contributed by atoms with van der Waals surface area (Å²) in [4.78, 5) is 15.8. The lowest BCUT2D eigenvalue weighted by Gasteiger charge is -2.06. The first-order valence-electron chi connectivity index (χ1n) is 6.34. The third-order valence-corrected chi connectivity index (χ3v) is 3.65. The lowest BCUT2D eigenvalue weighted by atomic mass is 10.2. The SMILES string of the molecule is CSCCCCCCNC(=O)c1nc(N)ccc1Cl. The lowest BCUT2D eigenvalue weighted by Crippen LogP contribution is -2.26. The van der Waals surface area contributed by atoms with Gasteiger partial charge >= 0.3 is 0 Å². The summed E-state index contributed by atoms with van der Waals surface area (Å²) in [7, 11) is 0. The van der Waals surface area contributed by atoms with Crippen LogP contribution in [0.15, 0.2) is 12.1 Å². The van der Waals surface area contributed by atoms with Crippen LogP contribution in [0.5, 0.6) is 0 Å². The number of nitrogen functional groups attached to an aromatic ring is 1. The molecule has 1 rings (SSSR count). The molecule has 0 unspecified atom stereocenters. The summed E-state index contributed by atoms with van der Waals surface area (Å²) in [5.74, 6) is 1.24. The molecule has 1 aromatic rings. The molecular weight excluding hydrogens is 282 g/mol. The highest BCUT2D eigenvalue weighted by molar-refractivity contribution is 7.98. The van der Waals surface area contributed by atoms with E-state index >= 15 is 0 Å². The smallest absolute Gasteiger partial charge is 0.271 e. The van der Waals surface area contributed by atoms with Crippen LogP contribution in [0.2, 0.25) is 5.02 Å². The number of carbonyl (C=O) groups excluding carboxylic acids is 1. The summed E-state index contributed by atoms with van der Waals surface area (Å²) >= 11 is 7.77. The van der Waals surface area contributed by atoms with Gasteiger partial charge in [-0.1, -0.05) is 24.4 Å². The molecule has 3 N–H and O–H groups in total. The second kappa shape index (κ2) is 9.04. The summed E-state index contributed by atoms with van der Waals surface area (Å²) in [6.45, 7) is 0.644. The monoisotopic (exact) mass is 301 g/mol. The number of unbranched alkanes of at least 4 members (excludes halogenated alkanes) is 3. The summed E-state index contributed by atoms with van der Waals surface area (Å²) in [5, 5.41) is 3.14. The van der Waals surface area contributed by atoms with Gasteiger partial charge in [-0.05, 0) is 37.0 Å². The van der Waals surface area contributed by atoms with Crippen molar-refractivity contribution in [2.45, 2.75) is 25.7 Å². The first-order valence-corrected chi connectivity index (χ1v) is 8.11. The van der Waals surface area contributed by atoms with Crippen LogP contribution < -0.4 is 11.1 Å². The molecule has 0 aliphatic carbocycles. The Labute approximate surface area is 123 Å². The Morgan fingerprint density at radius 1 is 1.37 bits per heavy atom. The topological polar surface area (TPSA) is 68.0 Å². The van der Waals surface area contributed by atoms with Crippen LogP contribution in [0.25, 0.3) is 0 Å². The molecule has 1 aromatic heterocycles. The van der Waals surface area contributed by atoms with Gasteiger partial charge in [0, 0.05) is 6.54 Å². The average molecular weight is 302 g/mol. The van der Waals surface area contributed by atoms with Crippen molar-refractivity contribution in [1.29, 1.82) is 0 Å². The molecule has 4 nitrogen and oxygen atoms in total. The largest absolute Gasteiger partial charge is 0.384 e. The number of thioether (sulfide) groups is 1. The van der Waals surface area contributed by atoms with E-state index in [1.807, 2.05) is 11.8 Å². The molecule has 0 aliphatic rings. The summed E-state index contributed by atoms with van der Waals surface area (Å²) < 4.78 is 0. The van der Waals surface area contributed by atoms with Gasteiger partial charge in [-0.3, -0.25) is 4.79 Å². The number of anilines is 1. The van der Waals surface area contributed by atoms with Gasteiger partial charge in [0.05, 0.1) is 5.02 Å². The predicted octanol–water partition coefficient (Wildman–Crippen LogP) is 2.97. The minimum Gasteiger partial charge on any atom is -0.384 e. The Hall–Kier alpha value is -0.940.